The van der Waals surface area contributed by atoms with Gasteiger partial charge in [0.25, 0.3) is 11.4 Å². The van der Waals surface area contributed by atoms with Gasteiger partial charge in [0.1, 0.15) is 18.8 Å². The zero-order valence-electron chi connectivity index (χ0n) is 14.0. The molecule has 2 fully saturated rings. The Balaban J connectivity index is 1.99. The summed E-state index contributed by atoms with van der Waals surface area (Å²) in [7, 11) is 0. The standard InChI is InChI=1S/C16H21FN2O7/c17-16(8-20)12(23)11(22)14(26-16)18-7-6-10(21)19(15(18)25)13(24)9-4-2-1-3-5-9/h6-7,9,11-12,14,20,22-23H,1-5,8H2/t11-,12+,14-,16-/m1/s1. The molecule has 0 amide bonds. The van der Waals surface area contributed by atoms with Crippen LogP contribution in [0.2, 0.25) is 0 Å². The van der Waals surface area contributed by atoms with Gasteiger partial charge in [0.15, 0.2) is 6.23 Å². The quantitative estimate of drug-likeness (QED) is 0.629. The SMILES string of the molecule is O=C(C1CCCCC1)n1c(=O)ccn([C@@H]2O[C@](F)(CO)[C@@H](O)[C@H]2O)c1=O. The lowest BCUT2D eigenvalue weighted by molar-refractivity contribution is -0.207. The largest absolute Gasteiger partial charge is 0.390 e. The van der Waals surface area contributed by atoms with Crippen molar-refractivity contribution in [2.45, 2.75) is 56.4 Å². The molecule has 1 aliphatic heterocycles. The highest BCUT2D eigenvalue weighted by atomic mass is 19.2. The topological polar surface area (TPSA) is 131 Å². The van der Waals surface area contributed by atoms with Crippen LogP contribution >= 0.6 is 0 Å². The smallest absolute Gasteiger partial charge is 0.340 e. The van der Waals surface area contributed by atoms with E-state index in [9.17, 15) is 29.0 Å². The second-order valence-electron chi connectivity index (χ2n) is 6.74. The van der Waals surface area contributed by atoms with Crippen LogP contribution in [0.25, 0.3) is 0 Å². The van der Waals surface area contributed by atoms with Crippen molar-refractivity contribution in [2.24, 2.45) is 5.92 Å². The van der Waals surface area contributed by atoms with Crippen LogP contribution in [0.3, 0.4) is 0 Å². The van der Waals surface area contributed by atoms with Gasteiger partial charge in [0.05, 0.1) is 0 Å². The lowest BCUT2D eigenvalue weighted by atomic mass is 9.88. The monoisotopic (exact) mass is 372 g/mol. The van der Waals surface area contributed by atoms with Gasteiger partial charge >= 0.3 is 5.69 Å². The van der Waals surface area contributed by atoms with E-state index >= 15 is 0 Å². The zero-order chi connectivity index (χ0) is 19.1. The molecular formula is C16H21FN2O7. The summed E-state index contributed by atoms with van der Waals surface area (Å²) >= 11 is 0. The number of hydrogen-bond acceptors (Lipinski definition) is 7. The number of nitrogens with zero attached hydrogens (tertiary/aromatic N) is 2. The molecule has 9 nitrogen and oxygen atoms in total. The Labute approximate surface area is 147 Å². The van der Waals surface area contributed by atoms with Gasteiger partial charge in [0.2, 0.25) is 5.91 Å². The Morgan fingerprint density at radius 1 is 1.27 bits per heavy atom. The van der Waals surface area contributed by atoms with Crippen molar-refractivity contribution in [3.63, 3.8) is 0 Å². The second-order valence-corrected chi connectivity index (χ2v) is 6.74. The number of rotatable bonds is 3. The molecule has 2 heterocycles. The van der Waals surface area contributed by atoms with Crippen LogP contribution in [0.5, 0.6) is 0 Å². The van der Waals surface area contributed by atoms with Crippen molar-refractivity contribution >= 4 is 5.91 Å². The number of aromatic nitrogens is 2. The van der Waals surface area contributed by atoms with Gasteiger partial charge in [-0.15, -0.1) is 0 Å². The van der Waals surface area contributed by atoms with Crippen LogP contribution in [-0.4, -0.2) is 55.0 Å². The summed E-state index contributed by atoms with van der Waals surface area (Å²) in [5.74, 6) is -4.06. The Bertz CT molecular complexity index is 801. The van der Waals surface area contributed by atoms with Crippen LogP contribution in [0.15, 0.2) is 21.9 Å². The van der Waals surface area contributed by atoms with E-state index < -0.39 is 54.0 Å². The third-order valence-electron chi connectivity index (χ3n) is 5.05. The molecule has 1 saturated carbocycles. The minimum atomic E-state index is -2.96. The van der Waals surface area contributed by atoms with Crippen LogP contribution in [0, 0.1) is 5.92 Å². The second kappa shape index (κ2) is 7.03. The van der Waals surface area contributed by atoms with E-state index in [1.165, 1.54) is 0 Å². The molecule has 0 bridgehead atoms. The maximum atomic E-state index is 14.2. The first kappa shape index (κ1) is 18.9. The molecule has 10 heteroatoms. The molecule has 0 spiro atoms. The zero-order valence-corrected chi connectivity index (χ0v) is 14.0. The van der Waals surface area contributed by atoms with Gasteiger partial charge in [-0.1, -0.05) is 19.3 Å². The molecule has 1 aliphatic carbocycles. The summed E-state index contributed by atoms with van der Waals surface area (Å²) < 4.78 is 20.2. The number of alkyl halides is 1. The van der Waals surface area contributed by atoms with Crippen molar-refractivity contribution in [3.8, 4) is 0 Å². The molecule has 0 unspecified atom stereocenters. The fourth-order valence-electron chi connectivity index (χ4n) is 3.52. The fourth-order valence-corrected chi connectivity index (χ4v) is 3.52. The number of ether oxygens (including phenoxy) is 1. The molecule has 2 aliphatic rings. The van der Waals surface area contributed by atoms with Crippen molar-refractivity contribution in [1.82, 2.24) is 9.13 Å². The molecule has 26 heavy (non-hydrogen) atoms. The maximum Gasteiger partial charge on any atom is 0.340 e. The number of hydrogen-bond donors (Lipinski definition) is 3. The number of aliphatic hydroxyl groups is 3. The van der Waals surface area contributed by atoms with E-state index in [1.54, 1.807) is 0 Å². The predicted octanol–water partition coefficient (Wildman–Crippen LogP) is -0.861. The summed E-state index contributed by atoms with van der Waals surface area (Å²) in [5.41, 5.74) is -1.92. The highest BCUT2D eigenvalue weighted by molar-refractivity contribution is 5.81. The first-order chi connectivity index (χ1) is 12.3. The molecule has 1 aromatic rings. The minimum absolute atomic E-state index is 0.454. The Morgan fingerprint density at radius 2 is 1.92 bits per heavy atom. The van der Waals surface area contributed by atoms with Crippen molar-refractivity contribution in [2.75, 3.05) is 6.61 Å². The summed E-state index contributed by atoms with van der Waals surface area (Å²) in [5, 5.41) is 28.7. The van der Waals surface area contributed by atoms with Crippen LogP contribution in [0.4, 0.5) is 4.39 Å². The normalized spacial score (nSPS) is 32.7. The summed E-state index contributed by atoms with van der Waals surface area (Å²) in [6.07, 6.45) is -0.943. The minimum Gasteiger partial charge on any atom is -0.390 e. The highest BCUT2D eigenvalue weighted by Gasteiger charge is 2.56. The van der Waals surface area contributed by atoms with E-state index in [4.69, 9.17) is 9.84 Å². The lowest BCUT2D eigenvalue weighted by Gasteiger charge is -2.22. The van der Waals surface area contributed by atoms with Gasteiger partial charge in [0, 0.05) is 18.2 Å². The first-order valence-corrected chi connectivity index (χ1v) is 8.52. The molecule has 3 N–H and O–H groups in total. The molecule has 0 radical (unpaired) electrons. The van der Waals surface area contributed by atoms with Crippen LogP contribution in [-0.2, 0) is 4.74 Å². The van der Waals surface area contributed by atoms with Crippen molar-refractivity contribution in [3.05, 3.63) is 33.1 Å². The van der Waals surface area contributed by atoms with Gasteiger partial charge in [-0.2, -0.15) is 4.57 Å². The van der Waals surface area contributed by atoms with Gasteiger partial charge in [-0.3, -0.25) is 14.2 Å². The molecule has 1 aromatic heterocycles. The highest BCUT2D eigenvalue weighted by Crippen LogP contribution is 2.37. The number of halogens is 1. The lowest BCUT2D eigenvalue weighted by Crippen LogP contribution is -2.47. The Hall–Kier alpha value is -1.88. The molecule has 3 rings (SSSR count). The summed E-state index contributed by atoms with van der Waals surface area (Å²) in [4.78, 5) is 37.4. The van der Waals surface area contributed by atoms with Crippen LogP contribution < -0.4 is 11.2 Å². The number of carbonyl (C=O) groups is 1. The third kappa shape index (κ3) is 3.02. The van der Waals surface area contributed by atoms with E-state index in [0.717, 1.165) is 31.5 Å². The van der Waals surface area contributed by atoms with E-state index in [1.807, 2.05) is 0 Å². The molecule has 4 atom stereocenters. The van der Waals surface area contributed by atoms with Gasteiger partial charge < -0.3 is 20.1 Å². The van der Waals surface area contributed by atoms with Crippen molar-refractivity contribution in [1.29, 1.82) is 0 Å². The number of aliphatic hydroxyl groups excluding tert-OH is 3. The Morgan fingerprint density at radius 3 is 2.50 bits per heavy atom. The predicted molar refractivity (Wildman–Crippen MR) is 85.2 cm³/mol. The summed E-state index contributed by atoms with van der Waals surface area (Å²) in [6, 6.07) is 0.932. The fraction of sp³-hybridized carbons (Fsp3) is 0.688. The Kier molecular flexibility index (Phi) is 5.11. The molecular weight excluding hydrogens is 351 g/mol. The number of carbonyl (C=O) groups excluding carboxylic acids is 1. The van der Waals surface area contributed by atoms with Crippen LogP contribution in [0.1, 0.15) is 43.1 Å². The average molecular weight is 372 g/mol. The summed E-state index contributed by atoms with van der Waals surface area (Å²) in [6.45, 7) is -1.24. The van der Waals surface area contributed by atoms with E-state index in [2.05, 4.69) is 0 Å². The molecule has 1 saturated heterocycles. The van der Waals surface area contributed by atoms with E-state index in [-0.39, 0.29) is 0 Å². The van der Waals surface area contributed by atoms with Gasteiger partial charge in [-0.25, -0.2) is 9.18 Å². The first-order valence-electron chi connectivity index (χ1n) is 8.52. The maximum absolute atomic E-state index is 14.2. The molecule has 144 valence electrons. The molecule has 0 aromatic carbocycles. The third-order valence-corrected chi connectivity index (χ3v) is 5.05. The average Bonchev–Trinajstić information content (AvgIpc) is 2.87. The van der Waals surface area contributed by atoms with Gasteiger partial charge in [-0.05, 0) is 12.8 Å². The van der Waals surface area contributed by atoms with E-state index in [0.29, 0.717) is 22.0 Å². The van der Waals surface area contributed by atoms with Crippen molar-refractivity contribution < 1.29 is 29.2 Å².